The lowest BCUT2D eigenvalue weighted by Crippen LogP contribution is -2.27. The molecule has 0 atom stereocenters. The van der Waals surface area contributed by atoms with Gasteiger partial charge in [-0.05, 0) is 32.4 Å². The number of aryl methyl sites for hydroxylation is 2. The number of carbonyl (C=O) groups excluding carboxylic acids is 1. The van der Waals surface area contributed by atoms with Gasteiger partial charge in [0.1, 0.15) is 21.9 Å². The molecular weight excluding hydrogens is 350 g/mol. The van der Waals surface area contributed by atoms with Gasteiger partial charge in [0.2, 0.25) is 0 Å². The summed E-state index contributed by atoms with van der Waals surface area (Å²) in [5.41, 5.74) is 2.38. The maximum atomic E-state index is 13.0. The van der Waals surface area contributed by atoms with E-state index in [4.69, 9.17) is 9.72 Å². The van der Waals surface area contributed by atoms with Crippen LogP contribution in [0.3, 0.4) is 0 Å². The average Bonchev–Trinajstić information content (AvgIpc) is 2.98. The molecule has 0 fully saturated rings. The highest BCUT2D eigenvalue weighted by Crippen LogP contribution is 2.35. The van der Waals surface area contributed by atoms with Gasteiger partial charge in [-0.3, -0.25) is 14.2 Å². The number of ether oxygens (including phenoxy) is 1. The van der Waals surface area contributed by atoms with Crippen molar-refractivity contribution in [1.82, 2.24) is 14.5 Å². The number of fused-ring (bicyclic) bond motifs is 4. The molecule has 0 aliphatic heterocycles. The highest BCUT2D eigenvalue weighted by Gasteiger charge is 2.19. The van der Waals surface area contributed by atoms with Crippen LogP contribution in [0, 0.1) is 13.8 Å². The molecule has 0 aliphatic rings. The summed E-state index contributed by atoms with van der Waals surface area (Å²) in [4.78, 5) is 34.9. The number of carbonyl (C=O) groups is 1. The Balaban J connectivity index is 2.03. The van der Waals surface area contributed by atoms with Gasteiger partial charge in [-0.15, -0.1) is 11.3 Å². The number of hydrogen-bond acceptors (Lipinski definition) is 6. The van der Waals surface area contributed by atoms with Crippen LogP contribution in [-0.2, 0) is 16.1 Å². The van der Waals surface area contributed by atoms with Crippen LogP contribution >= 0.6 is 11.3 Å². The number of hydrogen-bond donors (Lipinski definition) is 0. The van der Waals surface area contributed by atoms with Crippen LogP contribution in [0.4, 0.5) is 0 Å². The molecule has 4 aromatic rings. The molecule has 0 aliphatic carbocycles. The standard InChI is InChI=1S/C19H17N3O3S/c1-4-25-14(23)9-22-11(3)20-16-15-10(2)12-7-5-6-8-13(12)21-18(15)26-17(16)19(22)24/h5-8H,4,9H2,1-3H3. The van der Waals surface area contributed by atoms with Gasteiger partial charge >= 0.3 is 5.97 Å². The van der Waals surface area contributed by atoms with Crippen LogP contribution in [0.15, 0.2) is 29.1 Å². The molecule has 0 unspecified atom stereocenters. The van der Waals surface area contributed by atoms with Crippen molar-refractivity contribution in [2.75, 3.05) is 6.61 Å². The molecule has 6 nitrogen and oxygen atoms in total. The van der Waals surface area contributed by atoms with Gasteiger partial charge in [0.25, 0.3) is 5.56 Å². The van der Waals surface area contributed by atoms with Gasteiger partial charge in [-0.1, -0.05) is 18.2 Å². The Kier molecular flexibility index (Phi) is 3.96. The summed E-state index contributed by atoms with van der Waals surface area (Å²) in [5.74, 6) is 0.0443. The van der Waals surface area contributed by atoms with E-state index in [0.717, 1.165) is 26.7 Å². The van der Waals surface area contributed by atoms with Crippen LogP contribution in [0.5, 0.6) is 0 Å². The van der Waals surface area contributed by atoms with Gasteiger partial charge < -0.3 is 4.74 Å². The Morgan fingerprint density at radius 2 is 2.00 bits per heavy atom. The first-order valence-electron chi connectivity index (χ1n) is 8.36. The zero-order chi connectivity index (χ0) is 18.4. The van der Waals surface area contributed by atoms with Crippen molar-refractivity contribution in [3.05, 3.63) is 46.0 Å². The van der Waals surface area contributed by atoms with E-state index >= 15 is 0 Å². The van der Waals surface area contributed by atoms with Crippen LogP contribution in [0.25, 0.3) is 31.3 Å². The van der Waals surface area contributed by atoms with Crippen LogP contribution in [0.1, 0.15) is 18.3 Å². The molecule has 0 spiro atoms. The van der Waals surface area contributed by atoms with Crippen molar-refractivity contribution < 1.29 is 9.53 Å². The largest absolute Gasteiger partial charge is 0.465 e. The average molecular weight is 367 g/mol. The Morgan fingerprint density at radius 3 is 2.77 bits per heavy atom. The van der Waals surface area contributed by atoms with E-state index in [1.807, 2.05) is 31.2 Å². The highest BCUT2D eigenvalue weighted by molar-refractivity contribution is 7.25. The van der Waals surface area contributed by atoms with E-state index in [9.17, 15) is 9.59 Å². The topological polar surface area (TPSA) is 74.1 Å². The van der Waals surface area contributed by atoms with Crippen LogP contribution in [-0.4, -0.2) is 27.1 Å². The molecule has 1 aromatic carbocycles. The summed E-state index contributed by atoms with van der Waals surface area (Å²) in [6.07, 6.45) is 0. The molecule has 26 heavy (non-hydrogen) atoms. The molecule has 0 saturated heterocycles. The fourth-order valence-corrected chi connectivity index (χ4v) is 4.36. The Bertz CT molecular complexity index is 1240. The lowest BCUT2D eigenvalue weighted by molar-refractivity contribution is -0.143. The normalized spacial score (nSPS) is 11.5. The van der Waals surface area contributed by atoms with E-state index in [-0.39, 0.29) is 18.7 Å². The Labute approximate surface area is 153 Å². The molecule has 0 N–H and O–H groups in total. The third-order valence-electron chi connectivity index (χ3n) is 4.47. The van der Waals surface area contributed by atoms with Gasteiger partial charge in [0, 0.05) is 10.8 Å². The predicted octanol–water partition coefficient (Wildman–Crippen LogP) is 3.34. The summed E-state index contributed by atoms with van der Waals surface area (Å²) in [6, 6.07) is 7.91. The fraction of sp³-hybridized carbons (Fsp3) is 0.263. The van der Waals surface area contributed by atoms with Crippen LogP contribution in [0.2, 0.25) is 0 Å². The maximum absolute atomic E-state index is 13.0. The Hall–Kier alpha value is -2.80. The lowest BCUT2D eigenvalue weighted by atomic mass is 10.1. The molecule has 0 saturated carbocycles. The maximum Gasteiger partial charge on any atom is 0.326 e. The molecule has 3 heterocycles. The molecule has 4 rings (SSSR count). The minimum Gasteiger partial charge on any atom is -0.465 e. The molecular formula is C19H17N3O3S. The van der Waals surface area contributed by atoms with Crippen molar-refractivity contribution in [2.45, 2.75) is 27.3 Å². The van der Waals surface area contributed by atoms with Crippen molar-refractivity contribution in [3.8, 4) is 0 Å². The zero-order valence-corrected chi connectivity index (χ0v) is 15.5. The van der Waals surface area contributed by atoms with Gasteiger partial charge in [0.15, 0.2) is 0 Å². The van der Waals surface area contributed by atoms with Crippen LogP contribution < -0.4 is 5.56 Å². The second kappa shape index (κ2) is 6.17. The molecule has 0 amide bonds. The summed E-state index contributed by atoms with van der Waals surface area (Å²) >= 11 is 1.32. The molecule has 3 aromatic heterocycles. The highest BCUT2D eigenvalue weighted by atomic mass is 32.1. The third-order valence-corrected chi connectivity index (χ3v) is 5.53. The van der Waals surface area contributed by atoms with E-state index in [1.165, 1.54) is 15.9 Å². The number of nitrogens with zero attached hydrogens (tertiary/aromatic N) is 3. The first-order valence-corrected chi connectivity index (χ1v) is 9.17. The van der Waals surface area contributed by atoms with Gasteiger partial charge in [-0.25, -0.2) is 9.97 Å². The van der Waals surface area contributed by atoms with E-state index in [2.05, 4.69) is 4.98 Å². The van der Waals surface area contributed by atoms with E-state index in [0.29, 0.717) is 16.0 Å². The van der Waals surface area contributed by atoms with Crippen molar-refractivity contribution in [1.29, 1.82) is 0 Å². The molecule has 0 radical (unpaired) electrons. The number of esters is 1. The van der Waals surface area contributed by atoms with E-state index in [1.54, 1.807) is 13.8 Å². The fourth-order valence-electron chi connectivity index (χ4n) is 3.23. The summed E-state index contributed by atoms with van der Waals surface area (Å²) in [6.45, 7) is 5.64. The van der Waals surface area contributed by atoms with Gasteiger partial charge in [0.05, 0.1) is 17.6 Å². The minimum atomic E-state index is -0.444. The monoisotopic (exact) mass is 367 g/mol. The summed E-state index contributed by atoms with van der Waals surface area (Å²) in [5, 5.41) is 1.96. The first kappa shape index (κ1) is 16.7. The second-order valence-corrected chi connectivity index (χ2v) is 7.07. The van der Waals surface area contributed by atoms with Crippen molar-refractivity contribution in [2.24, 2.45) is 0 Å². The SMILES string of the molecule is CCOC(=O)Cn1c(C)nc2c(sc3nc4ccccc4c(C)c32)c1=O. The molecule has 0 bridgehead atoms. The van der Waals surface area contributed by atoms with Crippen molar-refractivity contribution >= 4 is 48.6 Å². The number of pyridine rings is 1. The lowest BCUT2D eigenvalue weighted by Gasteiger charge is -2.09. The van der Waals surface area contributed by atoms with Crippen molar-refractivity contribution in [3.63, 3.8) is 0 Å². The second-order valence-electron chi connectivity index (χ2n) is 6.07. The zero-order valence-electron chi connectivity index (χ0n) is 14.7. The first-order chi connectivity index (χ1) is 12.5. The van der Waals surface area contributed by atoms with Gasteiger partial charge in [-0.2, -0.15) is 0 Å². The minimum absolute atomic E-state index is 0.135. The number of thiophene rings is 1. The number of aromatic nitrogens is 3. The number of benzene rings is 1. The third kappa shape index (κ3) is 2.47. The summed E-state index contributed by atoms with van der Waals surface area (Å²) in [7, 11) is 0. The number of rotatable bonds is 3. The van der Waals surface area contributed by atoms with E-state index < -0.39 is 5.97 Å². The predicted molar refractivity (Wildman–Crippen MR) is 103 cm³/mol. The smallest absolute Gasteiger partial charge is 0.326 e. The quantitative estimate of drug-likeness (QED) is 0.519. The molecule has 132 valence electrons. The molecule has 7 heteroatoms. The Morgan fingerprint density at radius 1 is 1.23 bits per heavy atom. The summed E-state index contributed by atoms with van der Waals surface area (Å²) < 4.78 is 6.84. The number of para-hydroxylation sites is 1.